The third-order valence-corrected chi connectivity index (χ3v) is 5.19. The number of nitrogens with zero attached hydrogens (tertiary/aromatic N) is 3. The van der Waals surface area contributed by atoms with Crippen molar-refractivity contribution >= 4 is 33.7 Å². The Morgan fingerprint density at radius 2 is 1.93 bits per heavy atom. The van der Waals surface area contributed by atoms with Gasteiger partial charge in [-0.1, -0.05) is 29.8 Å². The number of benzene rings is 2. The van der Waals surface area contributed by atoms with E-state index in [0.29, 0.717) is 0 Å². The van der Waals surface area contributed by atoms with Gasteiger partial charge in [0, 0.05) is 28.7 Å². The predicted octanol–water partition coefficient (Wildman–Crippen LogP) is 5.29. The molecule has 138 valence electrons. The number of nitrogens with one attached hydrogen (secondary N) is 1. The lowest BCUT2D eigenvalue weighted by Gasteiger charge is -2.07. The van der Waals surface area contributed by atoms with Gasteiger partial charge in [-0.15, -0.1) is 0 Å². The second-order valence-corrected chi connectivity index (χ2v) is 7.11. The van der Waals surface area contributed by atoms with Gasteiger partial charge in [-0.25, -0.2) is 9.97 Å². The second kappa shape index (κ2) is 6.69. The predicted molar refractivity (Wildman–Crippen MR) is 112 cm³/mol. The molecule has 0 saturated carbocycles. The molecule has 0 spiro atoms. The van der Waals surface area contributed by atoms with E-state index in [1.807, 2.05) is 42.9 Å². The molecule has 0 fully saturated rings. The fourth-order valence-electron chi connectivity index (χ4n) is 3.47. The monoisotopic (exact) mass is 388 g/mol. The van der Waals surface area contributed by atoms with Gasteiger partial charge in [0.2, 0.25) is 0 Å². The minimum absolute atomic E-state index is 0.736. The number of pyridine rings is 1. The van der Waals surface area contributed by atoms with Crippen molar-refractivity contribution in [1.29, 1.82) is 0 Å². The summed E-state index contributed by atoms with van der Waals surface area (Å²) in [5.41, 5.74) is 6.25. The Morgan fingerprint density at radius 1 is 1.07 bits per heavy atom. The molecule has 5 rings (SSSR count). The molecule has 5 nitrogen and oxygen atoms in total. The Kier molecular flexibility index (Phi) is 4.02. The van der Waals surface area contributed by atoms with Gasteiger partial charge in [-0.05, 0) is 41.5 Å². The molecule has 2 aromatic carbocycles. The summed E-state index contributed by atoms with van der Waals surface area (Å²) in [5.74, 6) is 0.738. The topological polar surface area (TPSA) is 55.7 Å². The summed E-state index contributed by atoms with van der Waals surface area (Å²) < 4.78 is 7.48. The Labute approximate surface area is 166 Å². The first-order chi connectivity index (χ1) is 13.7. The van der Waals surface area contributed by atoms with Crippen LogP contribution in [0.2, 0.25) is 5.02 Å². The summed E-state index contributed by atoms with van der Waals surface area (Å²) in [4.78, 5) is 12.2. The zero-order valence-electron chi connectivity index (χ0n) is 15.2. The summed E-state index contributed by atoms with van der Waals surface area (Å²) in [6.45, 7) is 0.736. The van der Waals surface area contributed by atoms with Crippen LogP contribution in [0.15, 0.2) is 67.3 Å². The van der Waals surface area contributed by atoms with Gasteiger partial charge in [0.05, 0.1) is 30.7 Å². The van der Waals surface area contributed by atoms with Crippen LogP contribution in [0.25, 0.3) is 33.2 Å². The average molecular weight is 389 g/mol. The molecule has 0 atom stereocenters. The summed E-state index contributed by atoms with van der Waals surface area (Å²) in [6.07, 6.45) is 5.58. The van der Waals surface area contributed by atoms with Crippen molar-refractivity contribution < 1.29 is 4.74 Å². The van der Waals surface area contributed by atoms with Crippen LogP contribution in [-0.4, -0.2) is 26.6 Å². The van der Waals surface area contributed by atoms with Crippen molar-refractivity contribution in [3.63, 3.8) is 0 Å². The molecule has 0 aliphatic heterocycles. The van der Waals surface area contributed by atoms with E-state index in [1.165, 1.54) is 5.56 Å². The SMILES string of the molecule is COc1cnc2[nH]cc(-c3ccc4ncn(Cc5ccc(Cl)cc5)c4c3)c2c1. The number of hydrogen-bond donors (Lipinski definition) is 1. The van der Waals surface area contributed by atoms with Crippen molar-refractivity contribution in [3.8, 4) is 16.9 Å². The molecule has 0 aliphatic rings. The van der Waals surface area contributed by atoms with Crippen LogP contribution in [0.4, 0.5) is 0 Å². The van der Waals surface area contributed by atoms with Crippen molar-refractivity contribution in [2.75, 3.05) is 7.11 Å². The number of rotatable bonds is 4. The molecule has 0 unspecified atom stereocenters. The second-order valence-electron chi connectivity index (χ2n) is 6.68. The molecule has 0 saturated heterocycles. The number of halogens is 1. The first kappa shape index (κ1) is 16.8. The Morgan fingerprint density at radius 3 is 2.75 bits per heavy atom. The summed E-state index contributed by atoms with van der Waals surface area (Å²) in [6, 6.07) is 16.2. The van der Waals surface area contributed by atoms with Crippen LogP contribution in [0.5, 0.6) is 5.75 Å². The summed E-state index contributed by atoms with van der Waals surface area (Å²) in [7, 11) is 1.65. The van der Waals surface area contributed by atoms with Gasteiger partial charge in [-0.2, -0.15) is 0 Å². The van der Waals surface area contributed by atoms with Gasteiger partial charge in [0.15, 0.2) is 0 Å². The first-order valence-electron chi connectivity index (χ1n) is 8.92. The highest BCUT2D eigenvalue weighted by Crippen LogP contribution is 2.31. The molecule has 3 aromatic heterocycles. The lowest BCUT2D eigenvalue weighted by atomic mass is 10.1. The highest BCUT2D eigenvalue weighted by atomic mass is 35.5. The number of hydrogen-bond acceptors (Lipinski definition) is 3. The zero-order chi connectivity index (χ0) is 19.1. The minimum atomic E-state index is 0.736. The van der Waals surface area contributed by atoms with E-state index >= 15 is 0 Å². The summed E-state index contributed by atoms with van der Waals surface area (Å²) >= 11 is 6.00. The maximum Gasteiger partial charge on any atom is 0.138 e. The fraction of sp³-hybridized carbons (Fsp3) is 0.0909. The molecule has 5 aromatic rings. The smallest absolute Gasteiger partial charge is 0.138 e. The highest BCUT2D eigenvalue weighted by molar-refractivity contribution is 6.30. The van der Waals surface area contributed by atoms with Crippen LogP contribution in [0, 0.1) is 0 Å². The van der Waals surface area contributed by atoms with Gasteiger partial charge in [0.1, 0.15) is 11.4 Å². The molecule has 0 aliphatic carbocycles. The number of methoxy groups -OCH3 is 1. The number of aromatic nitrogens is 4. The maximum atomic E-state index is 6.00. The van der Waals surface area contributed by atoms with E-state index < -0.39 is 0 Å². The molecular formula is C22H17ClN4O. The van der Waals surface area contributed by atoms with Gasteiger partial charge < -0.3 is 14.3 Å². The molecule has 6 heteroatoms. The van der Waals surface area contributed by atoms with E-state index in [-0.39, 0.29) is 0 Å². The van der Waals surface area contributed by atoms with E-state index in [4.69, 9.17) is 16.3 Å². The molecule has 28 heavy (non-hydrogen) atoms. The maximum absolute atomic E-state index is 6.00. The van der Waals surface area contributed by atoms with Crippen molar-refractivity contribution in [2.24, 2.45) is 0 Å². The van der Waals surface area contributed by atoms with E-state index in [1.54, 1.807) is 13.3 Å². The number of fused-ring (bicyclic) bond motifs is 2. The lowest BCUT2D eigenvalue weighted by Crippen LogP contribution is -1.97. The van der Waals surface area contributed by atoms with Crippen LogP contribution in [-0.2, 0) is 6.54 Å². The number of imidazole rings is 1. The quantitative estimate of drug-likeness (QED) is 0.455. The molecule has 0 radical (unpaired) electrons. The largest absolute Gasteiger partial charge is 0.495 e. The highest BCUT2D eigenvalue weighted by Gasteiger charge is 2.11. The number of H-pyrrole nitrogens is 1. The Balaban J connectivity index is 1.59. The van der Waals surface area contributed by atoms with E-state index in [0.717, 1.165) is 50.5 Å². The van der Waals surface area contributed by atoms with Crippen molar-refractivity contribution in [1.82, 2.24) is 19.5 Å². The van der Waals surface area contributed by atoms with E-state index in [2.05, 4.69) is 37.7 Å². The molecule has 0 amide bonds. The molecule has 1 N–H and O–H groups in total. The van der Waals surface area contributed by atoms with Crippen LogP contribution in [0.3, 0.4) is 0 Å². The Bertz CT molecular complexity index is 1290. The minimum Gasteiger partial charge on any atom is -0.495 e. The third-order valence-electron chi connectivity index (χ3n) is 4.94. The lowest BCUT2D eigenvalue weighted by molar-refractivity contribution is 0.414. The fourth-order valence-corrected chi connectivity index (χ4v) is 3.60. The van der Waals surface area contributed by atoms with Crippen LogP contribution < -0.4 is 4.74 Å². The number of ether oxygens (including phenoxy) is 1. The normalized spacial score (nSPS) is 11.4. The van der Waals surface area contributed by atoms with Crippen LogP contribution >= 0.6 is 11.6 Å². The van der Waals surface area contributed by atoms with Gasteiger partial charge in [-0.3, -0.25) is 0 Å². The molecular weight excluding hydrogens is 372 g/mol. The molecule has 3 heterocycles. The number of aromatic amines is 1. The first-order valence-corrected chi connectivity index (χ1v) is 9.30. The van der Waals surface area contributed by atoms with Crippen molar-refractivity contribution in [2.45, 2.75) is 6.54 Å². The zero-order valence-corrected chi connectivity index (χ0v) is 15.9. The third kappa shape index (κ3) is 2.90. The van der Waals surface area contributed by atoms with Crippen molar-refractivity contribution in [3.05, 3.63) is 77.8 Å². The standard InChI is InChI=1S/C22H17ClN4O/c1-28-17-9-18-19(11-25-22(18)24-10-17)15-4-7-20-21(8-15)27(13-26-20)12-14-2-5-16(23)6-3-14/h2-11,13H,12H2,1H3,(H,24,25). The van der Waals surface area contributed by atoms with E-state index in [9.17, 15) is 0 Å². The average Bonchev–Trinajstić information content (AvgIpc) is 3.33. The molecule has 0 bridgehead atoms. The van der Waals surface area contributed by atoms with Gasteiger partial charge >= 0.3 is 0 Å². The summed E-state index contributed by atoms with van der Waals surface area (Å²) in [5, 5.41) is 1.77. The Hall–Kier alpha value is -3.31. The van der Waals surface area contributed by atoms with Gasteiger partial charge in [0.25, 0.3) is 0 Å². The van der Waals surface area contributed by atoms with Crippen LogP contribution in [0.1, 0.15) is 5.56 Å².